The first-order valence-corrected chi connectivity index (χ1v) is 2.64. The second-order valence-electron chi connectivity index (χ2n) is 0.671. The third kappa shape index (κ3) is 719000. The van der Waals surface area contributed by atoms with Crippen LogP contribution in [0.2, 0.25) is 0 Å². The van der Waals surface area contributed by atoms with E-state index in [4.69, 9.17) is 32.8 Å². The largest absolute Gasteiger partial charge is 1.00 e. The Kier molecular flexibility index (Phi) is 20.5. The van der Waals surface area contributed by atoms with E-state index in [0.717, 1.165) is 0 Å². The van der Waals surface area contributed by atoms with Crippen molar-refractivity contribution in [3.63, 3.8) is 0 Å². The molecule has 0 aliphatic rings. The van der Waals surface area contributed by atoms with Crippen molar-refractivity contribution in [3.8, 4) is 0 Å². The van der Waals surface area contributed by atoms with Gasteiger partial charge in [0.25, 0.3) is 0 Å². The van der Waals surface area contributed by atoms with Gasteiger partial charge in [0.1, 0.15) is 0 Å². The summed E-state index contributed by atoms with van der Waals surface area (Å²) in [5.74, 6) is 0. The van der Waals surface area contributed by atoms with Crippen molar-refractivity contribution in [2.24, 2.45) is 0 Å². The predicted octanol–water partition coefficient (Wildman–Crippen LogP) is -3.73. The van der Waals surface area contributed by atoms with Gasteiger partial charge < -0.3 is 21.5 Å². The zero-order chi connectivity index (χ0) is 8.08. The van der Waals surface area contributed by atoms with E-state index >= 15 is 0 Å². The molecule has 0 spiro atoms. The molecule has 0 aromatic rings. The van der Waals surface area contributed by atoms with Gasteiger partial charge in [0.15, 0.2) is 0 Å². The van der Waals surface area contributed by atoms with Crippen LogP contribution in [0.1, 0.15) is 0 Å². The summed E-state index contributed by atoms with van der Waals surface area (Å²) in [6.07, 6.45) is 0. The van der Waals surface area contributed by atoms with Gasteiger partial charge in [-0.3, -0.25) is 9.11 Å². The molecule has 5 N–H and O–H groups in total. The molecule has 0 bridgehead atoms. The molecule has 0 aliphatic carbocycles. The monoisotopic (exact) mass is 200 g/mol. The predicted molar refractivity (Wildman–Crippen MR) is 29.6 cm³/mol. The maximum absolute atomic E-state index is 8.74. The first-order valence-electron chi connectivity index (χ1n) is 1.25. The van der Waals surface area contributed by atoms with E-state index in [-0.39, 0.29) is 35.7 Å². The summed E-state index contributed by atoms with van der Waals surface area (Å²) in [6, 6.07) is 0. The molecule has 0 atom stereocenters. The molecule has 0 rings (SSSR count). The van der Waals surface area contributed by atoms with Crippen LogP contribution in [0.5, 0.6) is 0 Å². The summed E-state index contributed by atoms with van der Waals surface area (Å²) in [6.45, 7) is 0. The van der Waals surface area contributed by atoms with Gasteiger partial charge in [0, 0.05) is 0 Å². The molecule has 64 valence electrons. The van der Waals surface area contributed by atoms with Gasteiger partial charge in [-0.05, 0) is 0 Å². The Labute approximate surface area is 84.0 Å². The Morgan fingerprint density at radius 3 is 1.18 bits per heavy atom. The van der Waals surface area contributed by atoms with Crippen LogP contribution < -0.4 is 35.7 Å². The molecule has 0 saturated carbocycles. The second kappa shape index (κ2) is 10.0. The molecule has 0 unspecified atom stereocenters. The fourth-order valence-electron chi connectivity index (χ4n) is 0. The van der Waals surface area contributed by atoms with E-state index in [1.54, 1.807) is 0 Å². The Hall–Kier alpha value is 0.0300. The quantitative estimate of drug-likeness (QED) is 0.154. The summed E-state index contributed by atoms with van der Waals surface area (Å²) in [4.78, 5) is 8.25. The molecule has 0 aromatic carbocycles. The van der Waals surface area contributed by atoms with Crippen molar-refractivity contribution < 1.29 is 52.2 Å². The second-order valence-corrected chi connectivity index (χ2v) is 1.57. The number of rotatable bonds is 0. The topological polar surface area (TPSA) is 176 Å². The van der Waals surface area contributed by atoms with Gasteiger partial charge in [-0.15, -0.1) is 0 Å². The minimum absolute atomic E-state index is 0. The summed E-state index contributed by atoms with van der Waals surface area (Å²) >= 11 is 0. The van der Waals surface area contributed by atoms with Crippen molar-refractivity contribution in [3.05, 3.63) is 15.3 Å². The van der Waals surface area contributed by atoms with E-state index in [2.05, 4.69) is 0 Å². The number of nitrogens with zero attached hydrogens (tertiary/aromatic N) is 1. The summed E-state index contributed by atoms with van der Waals surface area (Å²) in [5.41, 5.74) is 0. The fraction of sp³-hybridized carbons (Fsp3) is 0. The average Bonchev–Trinajstić information content (AvgIpc) is 1.19. The molecule has 0 aliphatic heterocycles. The molecule has 0 radical (unpaired) electrons. The van der Waals surface area contributed by atoms with Crippen molar-refractivity contribution in [2.75, 3.05) is 0 Å². The Morgan fingerprint density at radius 1 is 1.18 bits per heavy atom. The average molecular weight is 200 g/mol. The number of hydrogen-bond donors (Lipinski definition) is 3. The van der Waals surface area contributed by atoms with Gasteiger partial charge in [-0.25, -0.2) is 0 Å². The van der Waals surface area contributed by atoms with Crippen LogP contribution in [0.25, 0.3) is 0 Å². The first-order chi connectivity index (χ1) is 3.73. The number of hydrogen-bond acceptors (Lipinski definition) is 6. The summed E-state index contributed by atoms with van der Waals surface area (Å²) in [7, 11) is -4.67. The standard InChI is InChI=1S/NO3.H3N.Na.H2O4S/c2-1(3)4;;;1-5(2,3)4/h;1H3;;(H2,1,2,3,4)/q-1;;+1;. The van der Waals surface area contributed by atoms with Crippen LogP contribution in [0.3, 0.4) is 0 Å². The van der Waals surface area contributed by atoms with Crippen LogP contribution in [-0.2, 0) is 10.4 Å². The Bertz CT molecular complexity index is 159. The van der Waals surface area contributed by atoms with Gasteiger partial charge in [-0.1, -0.05) is 0 Å². The summed E-state index contributed by atoms with van der Waals surface area (Å²) < 4.78 is 31.6. The van der Waals surface area contributed by atoms with Gasteiger partial charge in [-0.2, -0.15) is 8.42 Å². The van der Waals surface area contributed by atoms with Crippen LogP contribution in [0, 0.1) is 15.3 Å². The van der Waals surface area contributed by atoms with Crippen molar-refractivity contribution in [1.82, 2.24) is 6.15 Å². The van der Waals surface area contributed by atoms with Crippen LogP contribution in [0.15, 0.2) is 0 Å². The van der Waals surface area contributed by atoms with Gasteiger partial charge in [0.05, 0.1) is 5.09 Å². The van der Waals surface area contributed by atoms with Crippen LogP contribution in [-0.4, -0.2) is 22.6 Å². The molecule has 11 heteroatoms. The molecular weight excluding hydrogens is 195 g/mol. The summed E-state index contributed by atoms with van der Waals surface area (Å²) in [5, 5.41) is 14.8. The Morgan fingerprint density at radius 2 is 1.18 bits per heavy atom. The molecule has 0 saturated heterocycles. The Balaban J connectivity index is -0.0000000383. The minimum atomic E-state index is -4.67. The van der Waals surface area contributed by atoms with E-state index in [1.807, 2.05) is 0 Å². The fourth-order valence-corrected chi connectivity index (χ4v) is 0. The maximum Gasteiger partial charge on any atom is 1.00 e. The molecule has 0 amide bonds. The van der Waals surface area contributed by atoms with Gasteiger partial charge >= 0.3 is 40.0 Å². The van der Waals surface area contributed by atoms with Crippen LogP contribution >= 0.6 is 0 Å². The van der Waals surface area contributed by atoms with E-state index in [0.29, 0.717) is 0 Å². The normalized spacial score (nSPS) is 7.45. The molecule has 0 fully saturated rings. The third-order valence-corrected chi connectivity index (χ3v) is 0. The first kappa shape index (κ1) is 22.5. The van der Waals surface area contributed by atoms with Crippen molar-refractivity contribution in [1.29, 1.82) is 0 Å². The van der Waals surface area contributed by atoms with E-state index in [1.165, 1.54) is 0 Å². The van der Waals surface area contributed by atoms with Crippen molar-refractivity contribution >= 4 is 10.4 Å². The molecule has 11 heavy (non-hydrogen) atoms. The van der Waals surface area contributed by atoms with Crippen molar-refractivity contribution in [2.45, 2.75) is 0 Å². The zero-order valence-corrected chi connectivity index (χ0v) is 8.31. The maximum atomic E-state index is 8.74. The third-order valence-electron chi connectivity index (χ3n) is 0. The molecule has 0 heterocycles. The smallest absolute Gasteiger partial charge is 0.356 e. The van der Waals surface area contributed by atoms with Gasteiger partial charge in [0.2, 0.25) is 0 Å². The minimum Gasteiger partial charge on any atom is -0.356 e. The molecule has 0 aromatic heterocycles. The zero-order valence-electron chi connectivity index (χ0n) is 5.50. The molecular formula is H5N2NaO7S. The van der Waals surface area contributed by atoms with Crippen LogP contribution in [0.4, 0.5) is 0 Å². The van der Waals surface area contributed by atoms with E-state index < -0.39 is 15.5 Å². The SMILES string of the molecule is N.O=S(=O)(O)O.O=[N+]([O-])[O-].[Na+]. The molecule has 9 nitrogen and oxygen atoms in total. The van der Waals surface area contributed by atoms with E-state index in [9.17, 15) is 0 Å².